The fourth-order valence-electron chi connectivity index (χ4n) is 4.27. The standard InChI is InChI=1S/C29H30Cl2FN3O6S/c1-18(2)33-29(37)19(3)34(16-20-4-10-24(30)25(31)14-20)28(36)17-35(22-7-5-21(32)6-8-22)42(38,39)23-9-11-26-27(15-23)41-13-12-40-26/h4-11,14-15,18-19H,12-13,16-17H2,1-3H3,(H,33,37)/t19-/m1/s1. The summed E-state index contributed by atoms with van der Waals surface area (Å²) in [7, 11) is -4.39. The van der Waals surface area contributed by atoms with Crippen LogP contribution in [0.25, 0.3) is 0 Å². The third kappa shape index (κ3) is 7.26. The predicted octanol–water partition coefficient (Wildman–Crippen LogP) is 5.04. The summed E-state index contributed by atoms with van der Waals surface area (Å²) in [6.07, 6.45) is 0. The number of fused-ring (bicyclic) bond motifs is 1. The average Bonchev–Trinajstić information content (AvgIpc) is 2.95. The van der Waals surface area contributed by atoms with E-state index in [-0.39, 0.29) is 40.5 Å². The summed E-state index contributed by atoms with van der Waals surface area (Å²) < 4.78 is 53.8. The van der Waals surface area contributed by atoms with Crippen molar-refractivity contribution in [3.05, 3.63) is 82.1 Å². The number of carbonyl (C=O) groups excluding carboxylic acids is 2. The first-order valence-electron chi connectivity index (χ1n) is 13.1. The largest absolute Gasteiger partial charge is 0.486 e. The van der Waals surface area contributed by atoms with Gasteiger partial charge in [-0.05, 0) is 74.9 Å². The van der Waals surface area contributed by atoms with E-state index in [9.17, 15) is 22.4 Å². The fraction of sp³-hybridized carbons (Fsp3) is 0.310. The molecule has 2 amide bonds. The van der Waals surface area contributed by atoms with E-state index in [1.54, 1.807) is 39.0 Å². The van der Waals surface area contributed by atoms with Gasteiger partial charge in [-0.3, -0.25) is 13.9 Å². The third-order valence-electron chi connectivity index (χ3n) is 6.43. The van der Waals surface area contributed by atoms with Gasteiger partial charge in [0.1, 0.15) is 31.6 Å². The Morgan fingerprint density at radius 1 is 0.929 bits per heavy atom. The number of nitrogens with one attached hydrogen (secondary N) is 1. The first-order valence-corrected chi connectivity index (χ1v) is 15.3. The van der Waals surface area contributed by atoms with Crippen LogP contribution in [0.1, 0.15) is 26.3 Å². The molecule has 1 aliphatic heterocycles. The zero-order chi connectivity index (χ0) is 30.6. The van der Waals surface area contributed by atoms with Crippen molar-refractivity contribution in [2.75, 3.05) is 24.1 Å². The van der Waals surface area contributed by atoms with E-state index in [1.165, 1.54) is 35.2 Å². The van der Waals surface area contributed by atoms with E-state index < -0.39 is 40.2 Å². The fourth-order valence-corrected chi connectivity index (χ4v) is 6.02. The summed E-state index contributed by atoms with van der Waals surface area (Å²) >= 11 is 12.2. The van der Waals surface area contributed by atoms with Crippen molar-refractivity contribution in [1.82, 2.24) is 10.2 Å². The van der Waals surface area contributed by atoms with E-state index in [4.69, 9.17) is 32.7 Å². The molecule has 0 unspecified atom stereocenters. The van der Waals surface area contributed by atoms with Crippen LogP contribution in [0, 0.1) is 5.82 Å². The molecule has 1 heterocycles. The van der Waals surface area contributed by atoms with Crippen molar-refractivity contribution in [2.24, 2.45) is 0 Å². The molecule has 3 aromatic carbocycles. The van der Waals surface area contributed by atoms with Crippen molar-refractivity contribution >= 4 is 50.7 Å². The zero-order valence-corrected chi connectivity index (χ0v) is 25.5. The van der Waals surface area contributed by atoms with Gasteiger partial charge in [-0.25, -0.2) is 12.8 Å². The van der Waals surface area contributed by atoms with Crippen LogP contribution in [0.2, 0.25) is 10.0 Å². The number of rotatable bonds is 10. The van der Waals surface area contributed by atoms with Gasteiger partial charge < -0.3 is 19.7 Å². The van der Waals surface area contributed by atoms with Crippen LogP contribution < -0.4 is 19.1 Å². The molecule has 0 radical (unpaired) electrons. The maximum absolute atomic E-state index is 14.0. The lowest BCUT2D eigenvalue weighted by Gasteiger charge is -2.32. The first kappa shape index (κ1) is 31.4. The van der Waals surface area contributed by atoms with Gasteiger partial charge in [-0.1, -0.05) is 29.3 Å². The topological polar surface area (TPSA) is 105 Å². The van der Waals surface area contributed by atoms with Crippen molar-refractivity contribution in [3.8, 4) is 11.5 Å². The molecule has 4 rings (SSSR count). The quantitative estimate of drug-likeness (QED) is 0.334. The molecular weight excluding hydrogens is 608 g/mol. The minimum atomic E-state index is -4.39. The molecule has 9 nitrogen and oxygen atoms in total. The Morgan fingerprint density at radius 3 is 2.24 bits per heavy atom. The lowest BCUT2D eigenvalue weighted by atomic mass is 10.1. The Morgan fingerprint density at radius 2 is 1.60 bits per heavy atom. The summed E-state index contributed by atoms with van der Waals surface area (Å²) in [5.41, 5.74) is 0.624. The number of anilines is 1. The number of hydrogen-bond donors (Lipinski definition) is 1. The number of hydrogen-bond acceptors (Lipinski definition) is 6. The molecule has 0 saturated heterocycles. The molecule has 0 aromatic heterocycles. The van der Waals surface area contributed by atoms with E-state index in [1.807, 2.05) is 0 Å². The predicted molar refractivity (Wildman–Crippen MR) is 158 cm³/mol. The summed E-state index contributed by atoms with van der Waals surface area (Å²) in [6.45, 7) is 4.93. The number of halogens is 3. The van der Waals surface area contributed by atoms with Gasteiger partial charge in [-0.2, -0.15) is 0 Å². The van der Waals surface area contributed by atoms with Crippen LogP contribution in [0.3, 0.4) is 0 Å². The number of ether oxygens (including phenoxy) is 2. The molecule has 0 bridgehead atoms. The summed E-state index contributed by atoms with van der Waals surface area (Å²) in [5, 5.41) is 3.36. The van der Waals surface area contributed by atoms with Crippen molar-refractivity contribution in [1.29, 1.82) is 0 Å². The molecule has 1 atom stereocenters. The SMILES string of the molecule is CC(C)NC(=O)[C@@H](C)N(Cc1ccc(Cl)c(Cl)c1)C(=O)CN(c1ccc(F)cc1)S(=O)(=O)c1ccc2c(c1)OCCO2. The summed E-state index contributed by atoms with van der Waals surface area (Å²) in [5.74, 6) is -1.06. The highest BCUT2D eigenvalue weighted by Gasteiger charge is 2.33. The lowest BCUT2D eigenvalue weighted by Crippen LogP contribution is -2.52. The Balaban J connectivity index is 1.73. The second-order valence-electron chi connectivity index (χ2n) is 9.90. The second kappa shape index (κ2) is 13.2. The van der Waals surface area contributed by atoms with Crippen LogP contribution >= 0.6 is 23.2 Å². The van der Waals surface area contributed by atoms with E-state index in [0.29, 0.717) is 22.9 Å². The van der Waals surface area contributed by atoms with Gasteiger partial charge in [0, 0.05) is 18.7 Å². The van der Waals surface area contributed by atoms with Crippen molar-refractivity contribution in [3.63, 3.8) is 0 Å². The van der Waals surface area contributed by atoms with Gasteiger partial charge in [0.05, 0.1) is 20.6 Å². The van der Waals surface area contributed by atoms with E-state index >= 15 is 0 Å². The zero-order valence-electron chi connectivity index (χ0n) is 23.1. The number of carbonyl (C=O) groups is 2. The molecule has 3 aromatic rings. The highest BCUT2D eigenvalue weighted by molar-refractivity contribution is 7.92. The second-order valence-corrected chi connectivity index (χ2v) is 12.6. The highest BCUT2D eigenvalue weighted by Crippen LogP contribution is 2.34. The molecule has 224 valence electrons. The molecular formula is C29H30Cl2FN3O6S. The van der Waals surface area contributed by atoms with Gasteiger partial charge in [0.15, 0.2) is 11.5 Å². The molecule has 1 aliphatic rings. The Hall–Kier alpha value is -3.54. The van der Waals surface area contributed by atoms with Gasteiger partial charge in [0.2, 0.25) is 11.8 Å². The molecule has 0 spiro atoms. The van der Waals surface area contributed by atoms with Crippen LogP contribution in [-0.4, -0.2) is 57.0 Å². The van der Waals surface area contributed by atoms with Gasteiger partial charge in [-0.15, -0.1) is 0 Å². The average molecular weight is 639 g/mol. The number of nitrogens with zero attached hydrogens (tertiary/aromatic N) is 2. The Labute approximate surface area is 254 Å². The lowest BCUT2D eigenvalue weighted by molar-refractivity contribution is -0.139. The highest BCUT2D eigenvalue weighted by atomic mass is 35.5. The van der Waals surface area contributed by atoms with Crippen LogP contribution in [-0.2, 0) is 26.2 Å². The summed E-state index contributed by atoms with van der Waals surface area (Å²) in [4.78, 5) is 28.1. The van der Waals surface area contributed by atoms with Gasteiger partial charge >= 0.3 is 0 Å². The van der Waals surface area contributed by atoms with Crippen molar-refractivity contribution < 1.29 is 31.9 Å². The van der Waals surface area contributed by atoms with Crippen molar-refractivity contribution in [2.45, 2.75) is 44.3 Å². The molecule has 0 fully saturated rings. The molecule has 42 heavy (non-hydrogen) atoms. The maximum atomic E-state index is 14.0. The number of amides is 2. The molecule has 0 aliphatic carbocycles. The normalized spacial score (nSPS) is 13.4. The third-order valence-corrected chi connectivity index (χ3v) is 8.94. The Bertz CT molecular complexity index is 1570. The van der Waals surface area contributed by atoms with Gasteiger partial charge in [0.25, 0.3) is 10.0 Å². The molecule has 0 saturated carbocycles. The van der Waals surface area contributed by atoms with E-state index in [2.05, 4.69) is 5.32 Å². The summed E-state index contributed by atoms with van der Waals surface area (Å²) in [6, 6.07) is 12.5. The minimum absolute atomic E-state index is 0.0495. The minimum Gasteiger partial charge on any atom is -0.486 e. The van der Waals surface area contributed by atoms with Crippen LogP contribution in [0.5, 0.6) is 11.5 Å². The maximum Gasteiger partial charge on any atom is 0.264 e. The van der Waals surface area contributed by atoms with E-state index in [0.717, 1.165) is 16.4 Å². The monoisotopic (exact) mass is 637 g/mol. The number of benzene rings is 3. The number of sulfonamides is 1. The Kier molecular flexibility index (Phi) is 9.85. The smallest absolute Gasteiger partial charge is 0.264 e. The molecule has 13 heteroatoms. The van der Waals surface area contributed by atoms with Crippen LogP contribution in [0.4, 0.5) is 10.1 Å². The van der Waals surface area contributed by atoms with Crippen LogP contribution in [0.15, 0.2) is 65.6 Å². The first-order chi connectivity index (χ1) is 19.9. The molecule has 1 N–H and O–H groups in total.